The molecule has 0 saturated heterocycles. The largest absolute Gasteiger partial charge is 0.0651 e. The van der Waals surface area contributed by atoms with Crippen LogP contribution < -0.4 is 0 Å². The molecule has 2 aliphatic rings. The van der Waals surface area contributed by atoms with Crippen LogP contribution in [0.25, 0.3) is 0 Å². The molecule has 0 amide bonds. The Morgan fingerprint density at radius 3 is 1.42 bits per heavy atom. The van der Waals surface area contributed by atoms with Crippen LogP contribution in [0.15, 0.2) is 48.5 Å². The van der Waals surface area contributed by atoms with E-state index >= 15 is 0 Å². The Kier molecular flexibility index (Phi) is 8.28. The predicted octanol–water partition coefficient (Wildman–Crippen LogP) is 8.80. The molecule has 0 radical (unpaired) electrons. The SMILES string of the molecule is CCc1ccc(Cc2ccc(CC3CCC(CC4CCC(CC)CC4)CC3)cc2)cc1. The summed E-state index contributed by atoms with van der Waals surface area (Å²) < 4.78 is 0. The molecule has 0 nitrogen and oxygen atoms in total. The number of hydrogen-bond donors (Lipinski definition) is 0. The van der Waals surface area contributed by atoms with Crippen LogP contribution in [0.1, 0.15) is 100 Å². The van der Waals surface area contributed by atoms with E-state index in [0.717, 1.165) is 36.5 Å². The maximum atomic E-state index is 2.40. The highest BCUT2D eigenvalue weighted by Crippen LogP contribution is 2.39. The zero-order valence-electron chi connectivity index (χ0n) is 20.1. The molecule has 168 valence electrons. The van der Waals surface area contributed by atoms with E-state index in [1.54, 1.807) is 5.56 Å². The van der Waals surface area contributed by atoms with Gasteiger partial charge in [0.1, 0.15) is 0 Å². The molecule has 4 rings (SSSR count). The van der Waals surface area contributed by atoms with Gasteiger partial charge in [-0.1, -0.05) is 107 Å². The standard InChI is InChI=1S/C31H44/c1-3-24-5-9-26(10-6-24)21-28-13-17-30(18-14-28)23-31-19-15-29(16-20-31)22-27-11-7-25(4-2)8-12-27/h5-6,9-10,13-14,17-18,25,27,29,31H,3-4,7-8,11-12,15-16,19-23H2,1-2H3. The van der Waals surface area contributed by atoms with Crippen molar-refractivity contribution < 1.29 is 0 Å². The smallest absolute Gasteiger partial charge is 0.00258 e. The second-order valence-electron chi connectivity index (χ2n) is 10.8. The van der Waals surface area contributed by atoms with Crippen molar-refractivity contribution in [2.75, 3.05) is 0 Å². The molecule has 2 saturated carbocycles. The van der Waals surface area contributed by atoms with Crippen molar-refractivity contribution >= 4 is 0 Å². The van der Waals surface area contributed by atoms with Crippen LogP contribution in [0.2, 0.25) is 0 Å². The third kappa shape index (κ3) is 6.71. The normalized spacial score (nSPS) is 26.6. The van der Waals surface area contributed by atoms with E-state index in [2.05, 4.69) is 62.4 Å². The summed E-state index contributed by atoms with van der Waals surface area (Å²) in [5, 5.41) is 0. The van der Waals surface area contributed by atoms with Crippen LogP contribution in [0.3, 0.4) is 0 Å². The van der Waals surface area contributed by atoms with E-state index in [-0.39, 0.29) is 0 Å². The summed E-state index contributed by atoms with van der Waals surface area (Å²) in [6.45, 7) is 4.60. The minimum Gasteiger partial charge on any atom is -0.0651 e. The predicted molar refractivity (Wildman–Crippen MR) is 135 cm³/mol. The fourth-order valence-corrected chi connectivity index (χ4v) is 6.27. The molecule has 0 spiro atoms. The topological polar surface area (TPSA) is 0 Å². The maximum Gasteiger partial charge on any atom is -0.00258 e. The Labute approximate surface area is 191 Å². The highest BCUT2D eigenvalue weighted by Gasteiger charge is 2.26. The Balaban J connectivity index is 1.19. The summed E-state index contributed by atoms with van der Waals surface area (Å²) in [5.41, 5.74) is 5.84. The number of aryl methyl sites for hydroxylation is 1. The molecule has 0 heterocycles. The highest BCUT2D eigenvalue weighted by atomic mass is 14.3. The first kappa shape index (κ1) is 22.6. The molecular weight excluding hydrogens is 372 g/mol. The van der Waals surface area contributed by atoms with Crippen LogP contribution in [0.5, 0.6) is 0 Å². The molecular formula is C31H44. The van der Waals surface area contributed by atoms with Crippen LogP contribution in [-0.2, 0) is 19.3 Å². The highest BCUT2D eigenvalue weighted by molar-refractivity contribution is 5.30. The molecule has 0 bridgehead atoms. The maximum absolute atomic E-state index is 2.40. The van der Waals surface area contributed by atoms with Crippen LogP contribution in [-0.4, -0.2) is 0 Å². The summed E-state index contributed by atoms with van der Waals surface area (Å²) in [4.78, 5) is 0. The van der Waals surface area contributed by atoms with Gasteiger partial charge in [-0.15, -0.1) is 0 Å². The molecule has 0 atom stereocenters. The lowest BCUT2D eigenvalue weighted by molar-refractivity contribution is 0.189. The molecule has 2 aromatic rings. The Hall–Kier alpha value is -1.56. The molecule has 31 heavy (non-hydrogen) atoms. The fraction of sp³-hybridized carbons (Fsp3) is 0.613. The second kappa shape index (κ2) is 11.3. The number of hydrogen-bond acceptors (Lipinski definition) is 0. The molecule has 0 heteroatoms. The van der Waals surface area contributed by atoms with Crippen molar-refractivity contribution in [3.05, 3.63) is 70.8 Å². The lowest BCUT2D eigenvalue weighted by Gasteiger charge is -2.34. The first-order valence-corrected chi connectivity index (χ1v) is 13.4. The van der Waals surface area contributed by atoms with Gasteiger partial charge < -0.3 is 0 Å². The van der Waals surface area contributed by atoms with Crippen LogP contribution >= 0.6 is 0 Å². The summed E-state index contributed by atoms with van der Waals surface area (Å²) >= 11 is 0. The van der Waals surface area contributed by atoms with Gasteiger partial charge in [-0.2, -0.15) is 0 Å². The van der Waals surface area contributed by atoms with Crippen LogP contribution in [0, 0.1) is 23.7 Å². The first-order chi connectivity index (χ1) is 15.2. The van der Waals surface area contributed by atoms with Gasteiger partial charge in [-0.25, -0.2) is 0 Å². The molecule has 2 fully saturated rings. The Bertz CT molecular complexity index is 753. The van der Waals surface area contributed by atoms with E-state index in [1.807, 2.05) is 0 Å². The van der Waals surface area contributed by atoms with Crippen molar-refractivity contribution in [3.63, 3.8) is 0 Å². The Morgan fingerprint density at radius 1 is 0.516 bits per heavy atom. The van der Waals surface area contributed by atoms with E-state index in [9.17, 15) is 0 Å². The molecule has 0 unspecified atom stereocenters. The third-order valence-corrected chi connectivity index (χ3v) is 8.56. The van der Waals surface area contributed by atoms with Crippen molar-refractivity contribution in [2.45, 2.75) is 97.3 Å². The average Bonchev–Trinajstić information content (AvgIpc) is 2.82. The van der Waals surface area contributed by atoms with Crippen LogP contribution in [0.4, 0.5) is 0 Å². The van der Waals surface area contributed by atoms with E-state index < -0.39 is 0 Å². The quantitative estimate of drug-likeness (QED) is 0.403. The van der Waals surface area contributed by atoms with Crippen molar-refractivity contribution in [3.8, 4) is 0 Å². The zero-order chi connectivity index (χ0) is 21.5. The summed E-state index contributed by atoms with van der Waals surface area (Å²) in [6, 6.07) is 18.7. The molecule has 0 aliphatic heterocycles. The van der Waals surface area contributed by atoms with E-state index in [0.29, 0.717) is 0 Å². The summed E-state index contributed by atoms with van der Waals surface area (Å²) in [5.74, 6) is 4.04. The minimum absolute atomic E-state index is 0.916. The molecule has 0 aromatic heterocycles. The lowest BCUT2D eigenvalue weighted by Crippen LogP contribution is -2.21. The number of rotatable bonds is 8. The minimum atomic E-state index is 0.916. The molecule has 2 aromatic carbocycles. The van der Waals surface area contributed by atoms with Crippen molar-refractivity contribution in [1.29, 1.82) is 0 Å². The summed E-state index contributed by atoms with van der Waals surface area (Å²) in [7, 11) is 0. The van der Waals surface area contributed by atoms with Crippen molar-refractivity contribution in [2.24, 2.45) is 23.7 Å². The second-order valence-corrected chi connectivity index (χ2v) is 10.8. The Morgan fingerprint density at radius 2 is 0.935 bits per heavy atom. The van der Waals surface area contributed by atoms with E-state index in [1.165, 1.54) is 87.3 Å². The van der Waals surface area contributed by atoms with Gasteiger partial charge in [0.05, 0.1) is 0 Å². The monoisotopic (exact) mass is 416 g/mol. The van der Waals surface area contributed by atoms with Gasteiger partial charge in [0.25, 0.3) is 0 Å². The lowest BCUT2D eigenvalue weighted by atomic mass is 9.72. The van der Waals surface area contributed by atoms with Gasteiger partial charge in [-0.05, 0) is 84.5 Å². The summed E-state index contributed by atoms with van der Waals surface area (Å²) in [6.07, 6.45) is 18.4. The van der Waals surface area contributed by atoms with Crippen molar-refractivity contribution in [1.82, 2.24) is 0 Å². The van der Waals surface area contributed by atoms with Gasteiger partial charge in [0.15, 0.2) is 0 Å². The molecule has 2 aliphatic carbocycles. The van der Waals surface area contributed by atoms with Gasteiger partial charge >= 0.3 is 0 Å². The van der Waals surface area contributed by atoms with E-state index in [4.69, 9.17) is 0 Å². The fourth-order valence-electron chi connectivity index (χ4n) is 6.27. The average molecular weight is 417 g/mol. The third-order valence-electron chi connectivity index (χ3n) is 8.56. The van der Waals surface area contributed by atoms with Gasteiger partial charge in [0, 0.05) is 0 Å². The molecule has 0 N–H and O–H groups in total. The van der Waals surface area contributed by atoms with Gasteiger partial charge in [-0.3, -0.25) is 0 Å². The number of benzene rings is 2. The first-order valence-electron chi connectivity index (χ1n) is 13.4. The zero-order valence-corrected chi connectivity index (χ0v) is 20.1. The van der Waals surface area contributed by atoms with Gasteiger partial charge in [0.2, 0.25) is 0 Å².